The Morgan fingerprint density at radius 1 is 0.826 bits per heavy atom. The Kier molecular flexibility index (Phi) is 4.39. The molecule has 0 radical (unpaired) electrons. The molecule has 114 valence electrons. The Labute approximate surface area is 134 Å². The van der Waals surface area contributed by atoms with Crippen molar-refractivity contribution in [2.75, 3.05) is 0 Å². The van der Waals surface area contributed by atoms with Crippen LogP contribution in [0.2, 0.25) is 0 Å². The maximum atomic E-state index is 14.1. The third-order valence-electron chi connectivity index (χ3n) is 3.77. The van der Waals surface area contributed by atoms with Crippen LogP contribution in [0.1, 0.15) is 30.0 Å². The summed E-state index contributed by atoms with van der Waals surface area (Å²) < 4.78 is 28.0. The summed E-state index contributed by atoms with van der Waals surface area (Å²) in [5, 5.41) is 2.20. The summed E-state index contributed by atoms with van der Waals surface area (Å²) in [6, 6.07) is 16.9. The maximum Gasteiger partial charge on any atom is 0.174 e. The molecule has 0 aliphatic rings. The van der Waals surface area contributed by atoms with Crippen LogP contribution >= 0.6 is 0 Å². The molecule has 0 aliphatic heterocycles. The lowest BCUT2D eigenvalue weighted by Crippen LogP contribution is -1.97. The highest BCUT2D eigenvalue weighted by Crippen LogP contribution is 2.18. The summed E-state index contributed by atoms with van der Waals surface area (Å²) in [5.74, 6) is 4.02. The van der Waals surface area contributed by atoms with Crippen LogP contribution in [0.15, 0.2) is 54.6 Å². The third kappa shape index (κ3) is 3.24. The van der Waals surface area contributed by atoms with Crippen molar-refractivity contribution in [2.24, 2.45) is 0 Å². The van der Waals surface area contributed by atoms with Gasteiger partial charge in [-0.3, -0.25) is 0 Å². The van der Waals surface area contributed by atoms with Crippen molar-refractivity contribution in [3.63, 3.8) is 0 Å². The summed E-state index contributed by atoms with van der Waals surface area (Å²) in [7, 11) is 0. The highest BCUT2D eigenvalue weighted by Gasteiger charge is 2.11. The minimum Gasteiger partial charge on any atom is -0.203 e. The molecule has 3 aromatic carbocycles. The van der Waals surface area contributed by atoms with Crippen molar-refractivity contribution in [3.05, 3.63) is 82.9 Å². The average Bonchev–Trinajstić information content (AvgIpc) is 2.58. The number of rotatable bonds is 2. The molecule has 3 aromatic rings. The minimum absolute atomic E-state index is 0.0931. The summed E-state index contributed by atoms with van der Waals surface area (Å²) in [4.78, 5) is 0. The standard InChI is InChI=1S/C21H16F2/c1-2-5-17-12-13-18(21(23)20(17)22)11-9-15-8-10-16-6-3-4-7-19(16)14-15/h3-4,6-8,10,12-14H,2,5H2,1H3. The van der Waals surface area contributed by atoms with Gasteiger partial charge in [-0.2, -0.15) is 0 Å². The quantitative estimate of drug-likeness (QED) is 0.551. The van der Waals surface area contributed by atoms with Gasteiger partial charge in [-0.15, -0.1) is 0 Å². The minimum atomic E-state index is -0.857. The van der Waals surface area contributed by atoms with Gasteiger partial charge in [-0.25, -0.2) is 8.78 Å². The van der Waals surface area contributed by atoms with Gasteiger partial charge < -0.3 is 0 Å². The van der Waals surface area contributed by atoms with Gasteiger partial charge in [0.2, 0.25) is 0 Å². The second kappa shape index (κ2) is 6.62. The van der Waals surface area contributed by atoms with E-state index in [4.69, 9.17) is 0 Å². The molecule has 0 bridgehead atoms. The van der Waals surface area contributed by atoms with Crippen LogP contribution in [0.25, 0.3) is 10.8 Å². The summed E-state index contributed by atoms with van der Waals surface area (Å²) in [6.45, 7) is 1.94. The van der Waals surface area contributed by atoms with Crippen molar-refractivity contribution in [2.45, 2.75) is 19.8 Å². The first-order valence-electron chi connectivity index (χ1n) is 7.66. The molecule has 0 amide bonds. The zero-order valence-corrected chi connectivity index (χ0v) is 12.9. The van der Waals surface area contributed by atoms with E-state index in [1.807, 2.05) is 49.4 Å². The lowest BCUT2D eigenvalue weighted by molar-refractivity contribution is 0.496. The van der Waals surface area contributed by atoms with Crippen LogP contribution in [0.4, 0.5) is 8.78 Å². The lowest BCUT2D eigenvalue weighted by atomic mass is 10.0. The number of aryl methyl sites for hydroxylation is 1. The van der Waals surface area contributed by atoms with Crippen molar-refractivity contribution in [1.82, 2.24) is 0 Å². The normalized spacial score (nSPS) is 10.4. The molecular formula is C21H16F2. The first kappa shape index (κ1) is 15.2. The molecule has 0 atom stereocenters. The van der Waals surface area contributed by atoms with Crippen molar-refractivity contribution < 1.29 is 8.78 Å². The largest absolute Gasteiger partial charge is 0.203 e. The third-order valence-corrected chi connectivity index (χ3v) is 3.77. The topological polar surface area (TPSA) is 0 Å². The molecule has 0 nitrogen and oxygen atoms in total. The Morgan fingerprint density at radius 3 is 2.39 bits per heavy atom. The van der Waals surface area contributed by atoms with Gasteiger partial charge in [-0.1, -0.05) is 61.6 Å². The zero-order chi connectivity index (χ0) is 16.2. The molecule has 0 unspecified atom stereocenters. The zero-order valence-electron chi connectivity index (χ0n) is 12.9. The van der Waals surface area contributed by atoms with Crippen LogP contribution in [0, 0.1) is 23.5 Å². The lowest BCUT2D eigenvalue weighted by Gasteiger charge is -2.03. The molecular weight excluding hydrogens is 290 g/mol. The number of hydrogen-bond acceptors (Lipinski definition) is 0. The highest BCUT2D eigenvalue weighted by atomic mass is 19.2. The van der Waals surface area contributed by atoms with Crippen molar-refractivity contribution >= 4 is 10.8 Å². The molecule has 23 heavy (non-hydrogen) atoms. The van der Waals surface area contributed by atoms with E-state index >= 15 is 0 Å². The molecule has 0 fully saturated rings. The number of halogens is 2. The predicted molar refractivity (Wildman–Crippen MR) is 90.3 cm³/mol. The van der Waals surface area contributed by atoms with E-state index in [9.17, 15) is 8.78 Å². The van der Waals surface area contributed by atoms with Gasteiger partial charge >= 0.3 is 0 Å². The molecule has 0 spiro atoms. The number of fused-ring (bicyclic) bond motifs is 1. The second-order valence-corrected chi connectivity index (χ2v) is 5.46. The van der Waals surface area contributed by atoms with E-state index < -0.39 is 11.6 Å². The van der Waals surface area contributed by atoms with Crippen LogP contribution < -0.4 is 0 Å². The van der Waals surface area contributed by atoms with Gasteiger partial charge in [0.15, 0.2) is 11.6 Å². The SMILES string of the molecule is CCCc1ccc(C#Cc2ccc3ccccc3c2)c(F)c1F. The van der Waals surface area contributed by atoms with Crippen LogP contribution in [-0.4, -0.2) is 0 Å². The Balaban J connectivity index is 1.95. The molecule has 0 heterocycles. The van der Waals surface area contributed by atoms with Gasteiger partial charge in [-0.05, 0) is 41.0 Å². The predicted octanol–water partition coefficient (Wildman–Crippen LogP) is 5.47. The summed E-state index contributed by atoms with van der Waals surface area (Å²) in [5.41, 5.74) is 1.28. The molecule has 2 heteroatoms. The molecule has 3 rings (SSSR count). The fourth-order valence-corrected chi connectivity index (χ4v) is 2.55. The molecule has 0 aliphatic carbocycles. The first-order chi connectivity index (χ1) is 11.2. The highest BCUT2D eigenvalue weighted by molar-refractivity contribution is 5.83. The van der Waals surface area contributed by atoms with E-state index in [1.54, 1.807) is 12.1 Å². The molecule has 0 aromatic heterocycles. The number of benzene rings is 3. The Morgan fingerprint density at radius 2 is 1.61 bits per heavy atom. The van der Waals surface area contributed by atoms with Gasteiger partial charge in [0.05, 0.1) is 5.56 Å². The fraction of sp³-hybridized carbons (Fsp3) is 0.143. The summed E-state index contributed by atoms with van der Waals surface area (Å²) in [6.07, 6.45) is 1.31. The Hall–Kier alpha value is -2.66. The molecule has 0 saturated carbocycles. The van der Waals surface area contributed by atoms with E-state index in [2.05, 4.69) is 11.8 Å². The van der Waals surface area contributed by atoms with Gasteiger partial charge in [0.1, 0.15) is 0 Å². The number of hydrogen-bond donors (Lipinski definition) is 0. The van der Waals surface area contributed by atoms with Crippen LogP contribution in [-0.2, 0) is 6.42 Å². The smallest absolute Gasteiger partial charge is 0.174 e. The van der Waals surface area contributed by atoms with Crippen molar-refractivity contribution in [1.29, 1.82) is 0 Å². The van der Waals surface area contributed by atoms with E-state index in [-0.39, 0.29) is 5.56 Å². The first-order valence-corrected chi connectivity index (χ1v) is 7.66. The van der Waals surface area contributed by atoms with E-state index in [0.717, 1.165) is 22.8 Å². The summed E-state index contributed by atoms with van der Waals surface area (Å²) >= 11 is 0. The monoisotopic (exact) mass is 306 g/mol. The van der Waals surface area contributed by atoms with E-state index in [0.29, 0.717) is 12.0 Å². The van der Waals surface area contributed by atoms with Gasteiger partial charge in [0, 0.05) is 5.56 Å². The van der Waals surface area contributed by atoms with Crippen LogP contribution in [0.5, 0.6) is 0 Å². The van der Waals surface area contributed by atoms with Crippen LogP contribution in [0.3, 0.4) is 0 Å². The van der Waals surface area contributed by atoms with E-state index in [1.165, 1.54) is 0 Å². The molecule has 0 N–H and O–H groups in total. The van der Waals surface area contributed by atoms with Crippen molar-refractivity contribution in [3.8, 4) is 11.8 Å². The fourth-order valence-electron chi connectivity index (χ4n) is 2.55. The Bertz CT molecular complexity index is 914. The van der Waals surface area contributed by atoms with Gasteiger partial charge in [0.25, 0.3) is 0 Å². The second-order valence-electron chi connectivity index (χ2n) is 5.46. The average molecular weight is 306 g/mol. The molecule has 0 saturated heterocycles. The maximum absolute atomic E-state index is 14.1.